The van der Waals surface area contributed by atoms with Crippen LogP contribution in [0.4, 0.5) is 8.78 Å². The van der Waals surface area contributed by atoms with E-state index >= 15 is 0 Å². The Morgan fingerprint density at radius 3 is 2.26 bits per heavy atom. The molecule has 2 rings (SSSR count). The summed E-state index contributed by atoms with van der Waals surface area (Å²) in [6.07, 6.45) is 0.382. The maximum Gasteiger partial charge on any atom is 0.251 e. The molecule has 0 aromatic heterocycles. The van der Waals surface area contributed by atoms with E-state index in [1.165, 1.54) is 12.1 Å². The maximum absolute atomic E-state index is 13.0. The van der Waals surface area contributed by atoms with Crippen LogP contribution in [-0.2, 0) is 6.42 Å². The number of benzene rings is 2. The SMILES string of the molecule is O=C(NCCc1cc(F)cc(F)c1)c1ccccc1. The van der Waals surface area contributed by atoms with Gasteiger partial charge in [0.15, 0.2) is 0 Å². The van der Waals surface area contributed by atoms with Crippen LogP contribution in [0.2, 0.25) is 0 Å². The summed E-state index contributed by atoms with van der Waals surface area (Å²) < 4.78 is 25.9. The van der Waals surface area contributed by atoms with Crippen molar-refractivity contribution in [3.63, 3.8) is 0 Å². The predicted octanol–water partition coefficient (Wildman–Crippen LogP) is 2.94. The minimum absolute atomic E-state index is 0.197. The lowest BCUT2D eigenvalue weighted by atomic mass is 10.1. The van der Waals surface area contributed by atoms with E-state index in [0.717, 1.165) is 6.07 Å². The third-order valence-electron chi connectivity index (χ3n) is 2.66. The van der Waals surface area contributed by atoms with E-state index in [1.807, 2.05) is 6.07 Å². The van der Waals surface area contributed by atoms with Crippen molar-refractivity contribution in [2.24, 2.45) is 0 Å². The Labute approximate surface area is 110 Å². The molecule has 0 fully saturated rings. The van der Waals surface area contributed by atoms with Gasteiger partial charge in [-0.3, -0.25) is 4.79 Å². The molecule has 0 aliphatic carbocycles. The fourth-order valence-electron chi connectivity index (χ4n) is 1.77. The molecule has 2 aromatic carbocycles. The third kappa shape index (κ3) is 3.88. The average molecular weight is 261 g/mol. The molecule has 19 heavy (non-hydrogen) atoms. The lowest BCUT2D eigenvalue weighted by Gasteiger charge is -2.05. The van der Waals surface area contributed by atoms with Gasteiger partial charge in [-0.25, -0.2) is 8.78 Å². The summed E-state index contributed by atoms with van der Waals surface area (Å²) in [5.41, 5.74) is 1.08. The highest BCUT2D eigenvalue weighted by Gasteiger charge is 2.04. The van der Waals surface area contributed by atoms with Gasteiger partial charge in [0.05, 0.1) is 0 Å². The standard InChI is InChI=1S/C15H13F2NO/c16-13-8-11(9-14(17)10-13)6-7-18-15(19)12-4-2-1-3-5-12/h1-5,8-10H,6-7H2,(H,18,19). The molecule has 0 aliphatic heterocycles. The van der Waals surface area contributed by atoms with Gasteiger partial charge in [0.25, 0.3) is 5.91 Å². The summed E-state index contributed by atoms with van der Waals surface area (Å²) in [6, 6.07) is 12.1. The zero-order chi connectivity index (χ0) is 13.7. The van der Waals surface area contributed by atoms with E-state index in [-0.39, 0.29) is 5.91 Å². The van der Waals surface area contributed by atoms with Crippen molar-refractivity contribution < 1.29 is 13.6 Å². The minimum Gasteiger partial charge on any atom is -0.352 e. The van der Waals surface area contributed by atoms with Crippen molar-refractivity contribution >= 4 is 5.91 Å². The molecule has 2 aromatic rings. The second-order valence-corrected chi connectivity index (χ2v) is 4.15. The Bertz CT molecular complexity index is 549. The highest BCUT2D eigenvalue weighted by Crippen LogP contribution is 2.08. The molecule has 2 nitrogen and oxygen atoms in total. The van der Waals surface area contributed by atoms with E-state index < -0.39 is 11.6 Å². The molecule has 0 heterocycles. The summed E-state index contributed by atoms with van der Waals surface area (Å²) in [7, 11) is 0. The van der Waals surface area contributed by atoms with Gasteiger partial charge in [0, 0.05) is 18.2 Å². The van der Waals surface area contributed by atoms with Crippen LogP contribution in [0.1, 0.15) is 15.9 Å². The van der Waals surface area contributed by atoms with E-state index in [9.17, 15) is 13.6 Å². The zero-order valence-corrected chi connectivity index (χ0v) is 10.2. The maximum atomic E-state index is 13.0. The van der Waals surface area contributed by atoms with Gasteiger partial charge in [-0.05, 0) is 36.2 Å². The summed E-state index contributed by atoms with van der Waals surface area (Å²) in [5.74, 6) is -1.41. The number of carbonyl (C=O) groups is 1. The Morgan fingerprint density at radius 2 is 1.63 bits per heavy atom. The van der Waals surface area contributed by atoms with E-state index in [2.05, 4.69) is 5.32 Å². The van der Waals surface area contributed by atoms with Crippen molar-refractivity contribution in [2.45, 2.75) is 6.42 Å². The summed E-state index contributed by atoms with van der Waals surface area (Å²) in [6.45, 7) is 0.330. The van der Waals surface area contributed by atoms with Gasteiger partial charge < -0.3 is 5.32 Å². The number of rotatable bonds is 4. The van der Waals surface area contributed by atoms with Crippen LogP contribution >= 0.6 is 0 Å². The second kappa shape index (κ2) is 6.09. The van der Waals surface area contributed by atoms with Crippen LogP contribution in [0.25, 0.3) is 0 Å². The van der Waals surface area contributed by atoms with Crippen molar-refractivity contribution in [1.82, 2.24) is 5.32 Å². The topological polar surface area (TPSA) is 29.1 Å². The third-order valence-corrected chi connectivity index (χ3v) is 2.66. The Hall–Kier alpha value is -2.23. The van der Waals surface area contributed by atoms with E-state index in [4.69, 9.17) is 0 Å². The highest BCUT2D eigenvalue weighted by atomic mass is 19.1. The molecule has 98 valence electrons. The molecule has 1 N–H and O–H groups in total. The first-order valence-corrected chi connectivity index (χ1v) is 5.93. The van der Waals surface area contributed by atoms with Gasteiger partial charge in [-0.2, -0.15) is 0 Å². The molecule has 0 saturated carbocycles. The normalized spacial score (nSPS) is 10.2. The first kappa shape index (κ1) is 13.2. The fourth-order valence-corrected chi connectivity index (χ4v) is 1.77. The smallest absolute Gasteiger partial charge is 0.251 e. The number of halogens is 2. The molecular weight excluding hydrogens is 248 g/mol. The molecule has 4 heteroatoms. The van der Waals surface area contributed by atoms with Crippen LogP contribution in [0, 0.1) is 11.6 Å². The van der Waals surface area contributed by atoms with Gasteiger partial charge in [-0.1, -0.05) is 18.2 Å². The monoisotopic (exact) mass is 261 g/mol. The molecule has 0 unspecified atom stereocenters. The summed E-state index contributed by atoms with van der Waals surface area (Å²) in [5, 5.41) is 2.70. The first-order chi connectivity index (χ1) is 9.15. The number of amides is 1. The molecular formula is C15H13F2NO. The van der Waals surface area contributed by atoms with Gasteiger partial charge >= 0.3 is 0 Å². The number of nitrogens with one attached hydrogen (secondary N) is 1. The molecule has 0 atom stereocenters. The van der Waals surface area contributed by atoms with Crippen LogP contribution < -0.4 is 5.32 Å². The zero-order valence-electron chi connectivity index (χ0n) is 10.2. The highest BCUT2D eigenvalue weighted by molar-refractivity contribution is 5.94. The van der Waals surface area contributed by atoms with Crippen LogP contribution in [0.15, 0.2) is 48.5 Å². The van der Waals surface area contributed by atoms with Gasteiger partial charge in [0.2, 0.25) is 0 Å². The van der Waals surface area contributed by atoms with E-state index in [1.54, 1.807) is 24.3 Å². The predicted molar refractivity (Wildman–Crippen MR) is 68.8 cm³/mol. The molecule has 0 bridgehead atoms. The number of carbonyl (C=O) groups excluding carboxylic acids is 1. The van der Waals surface area contributed by atoms with Crippen LogP contribution in [0.3, 0.4) is 0 Å². The summed E-state index contributed by atoms with van der Waals surface area (Å²) in [4.78, 5) is 11.7. The minimum atomic E-state index is -0.607. The first-order valence-electron chi connectivity index (χ1n) is 5.93. The fraction of sp³-hybridized carbons (Fsp3) is 0.133. The number of hydrogen-bond donors (Lipinski definition) is 1. The lowest BCUT2D eigenvalue weighted by Crippen LogP contribution is -2.25. The quantitative estimate of drug-likeness (QED) is 0.900. The number of hydrogen-bond acceptors (Lipinski definition) is 1. The van der Waals surface area contributed by atoms with Crippen molar-refractivity contribution in [2.75, 3.05) is 6.54 Å². The summed E-state index contributed by atoms with van der Waals surface area (Å²) >= 11 is 0. The molecule has 0 spiro atoms. The average Bonchev–Trinajstić information content (AvgIpc) is 2.38. The van der Waals surface area contributed by atoms with E-state index in [0.29, 0.717) is 24.1 Å². The van der Waals surface area contributed by atoms with Gasteiger partial charge in [-0.15, -0.1) is 0 Å². The largest absolute Gasteiger partial charge is 0.352 e. The molecule has 0 radical (unpaired) electrons. The van der Waals surface area contributed by atoms with Gasteiger partial charge in [0.1, 0.15) is 11.6 Å². The van der Waals surface area contributed by atoms with Crippen LogP contribution in [0.5, 0.6) is 0 Å². The lowest BCUT2D eigenvalue weighted by molar-refractivity contribution is 0.0954. The second-order valence-electron chi connectivity index (χ2n) is 4.15. The van der Waals surface area contributed by atoms with Crippen molar-refractivity contribution in [3.8, 4) is 0 Å². The Kier molecular flexibility index (Phi) is 4.23. The molecule has 1 amide bonds. The molecule has 0 saturated heterocycles. The Balaban J connectivity index is 1.88. The molecule has 0 aliphatic rings. The Morgan fingerprint density at radius 1 is 1.00 bits per heavy atom. The van der Waals surface area contributed by atoms with Crippen LogP contribution in [-0.4, -0.2) is 12.5 Å². The van der Waals surface area contributed by atoms with Crippen molar-refractivity contribution in [3.05, 3.63) is 71.3 Å². The van der Waals surface area contributed by atoms with Crippen molar-refractivity contribution in [1.29, 1.82) is 0 Å².